The first-order valence-corrected chi connectivity index (χ1v) is 13.1. The van der Waals surface area contributed by atoms with Gasteiger partial charge in [-0.3, -0.25) is 25.3 Å². The molecule has 1 amide bonds. The van der Waals surface area contributed by atoms with Crippen LogP contribution in [0, 0.1) is 15.5 Å². The molecule has 3 aliphatic rings. The third kappa shape index (κ3) is 3.35. The fourth-order valence-corrected chi connectivity index (χ4v) is 6.71. The van der Waals surface area contributed by atoms with Gasteiger partial charge in [-0.1, -0.05) is 97.1 Å². The lowest BCUT2D eigenvalue weighted by Crippen LogP contribution is -2.57. The van der Waals surface area contributed by atoms with Crippen molar-refractivity contribution in [1.82, 2.24) is 15.2 Å². The van der Waals surface area contributed by atoms with Crippen LogP contribution in [-0.2, 0) is 10.3 Å². The molecule has 0 saturated carbocycles. The Balaban J connectivity index is 1.24. The van der Waals surface area contributed by atoms with Crippen LogP contribution < -0.4 is 5.32 Å². The zero-order valence-electron chi connectivity index (χ0n) is 21.7. The lowest BCUT2D eigenvalue weighted by Gasteiger charge is -2.52. The number of nitro groups is 1. The van der Waals surface area contributed by atoms with Gasteiger partial charge in [-0.2, -0.15) is 4.98 Å². The van der Waals surface area contributed by atoms with Crippen molar-refractivity contribution in [3.63, 3.8) is 0 Å². The average molecular weight is 528 g/mol. The first-order valence-electron chi connectivity index (χ1n) is 13.1. The largest absolute Gasteiger partial charge is 0.293 e. The van der Waals surface area contributed by atoms with Gasteiger partial charge in [0.2, 0.25) is 11.9 Å². The SMILES string of the molecule is CC1(C(=O)Nc2n[nH]c(-c3cccc(-c4ccccc4)c3)n2)CC2([N+](=O)[O-])c3ccccc3C1c1ccccc12. The molecule has 1 unspecified atom stereocenters. The molecule has 8 rings (SSSR count). The fourth-order valence-electron chi connectivity index (χ4n) is 6.71. The highest BCUT2D eigenvalue weighted by Crippen LogP contribution is 2.63. The second kappa shape index (κ2) is 8.71. The highest BCUT2D eigenvalue weighted by atomic mass is 16.6. The number of nitrogens with one attached hydrogen (secondary N) is 2. The summed E-state index contributed by atoms with van der Waals surface area (Å²) in [6.45, 7) is 1.81. The first-order chi connectivity index (χ1) is 19.4. The third-order valence-electron chi connectivity index (χ3n) is 8.48. The van der Waals surface area contributed by atoms with Gasteiger partial charge in [-0.25, -0.2) is 0 Å². The van der Waals surface area contributed by atoms with Crippen LogP contribution in [0.4, 0.5) is 5.95 Å². The lowest BCUT2D eigenvalue weighted by atomic mass is 9.49. The van der Waals surface area contributed by atoms with Gasteiger partial charge in [0, 0.05) is 34.0 Å². The minimum atomic E-state index is -1.52. The van der Waals surface area contributed by atoms with Crippen molar-refractivity contribution in [2.75, 3.05) is 5.32 Å². The summed E-state index contributed by atoms with van der Waals surface area (Å²) in [6.07, 6.45) is 0.0356. The molecule has 8 nitrogen and oxygen atoms in total. The second-order valence-electron chi connectivity index (χ2n) is 10.7. The van der Waals surface area contributed by atoms with Crippen molar-refractivity contribution >= 4 is 11.9 Å². The van der Waals surface area contributed by atoms with Gasteiger partial charge in [-0.05, 0) is 35.2 Å². The Kier molecular flexibility index (Phi) is 5.22. The molecule has 8 heteroatoms. The van der Waals surface area contributed by atoms with Crippen LogP contribution in [0.15, 0.2) is 103 Å². The molecule has 1 atom stereocenters. The highest BCUT2D eigenvalue weighted by molar-refractivity contribution is 5.96. The zero-order chi connectivity index (χ0) is 27.5. The number of benzene rings is 4. The van der Waals surface area contributed by atoms with Crippen LogP contribution in [-0.4, -0.2) is 26.0 Å². The van der Waals surface area contributed by atoms with Gasteiger partial charge < -0.3 is 0 Å². The maximum absolute atomic E-state index is 14.0. The second-order valence-corrected chi connectivity index (χ2v) is 10.7. The number of amides is 1. The maximum atomic E-state index is 14.0. The molecule has 0 spiro atoms. The number of aromatic amines is 1. The molecule has 2 N–H and O–H groups in total. The van der Waals surface area contributed by atoms with Crippen molar-refractivity contribution in [1.29, 1.82) is 0 Å². The van der Waals surface area contributed by atoms with E-state index in [4.69, 9.17) is 0 Å². The summed E-state index contributed by atoms with van der Waals surface area (Å²) in [5.41, 5.74) is 3.27. The number of H-pyrrole nitrogens is 1. The number of hydrogen-bond donors (Lipinski definition) is 2. The van der Waals surface area contributed by atoms with E-state index in [1.165, 1.54) is 0 Å². The third-order valence-corrected chi connectivity index (χ3v) is 8.48. The van der Waals surface area contributed by atoms with Crippen LogP contribution in [0.1, 0.15) is 41.5 Å². The summed E-state index contributed by atoms with van der Waals surface area (Å²) < 4.78 is 0. The van der Waals surface area contributed by atoms with E-state index in [0.29, 0.717) is 17.0 Å². The van der Waals surface area contributed by atoms with Gasteiger partial charge in [0.1, 0.15) is 0 Å². The molecule has 196 valence electrons. The molecular formula is C32H25N5O3. The van der Waals surface area contributed by atoms with Gasteiger partial charge >= 0.3 is 0 Å². The molecule has 1 aromatic heterocycles. The van der Waals surface area contributed by atoms with Crippen molar-refractivity contribution in [2.24, 2.45) is 5.41 Å². The first kappa shape index (κ1) is 24.0. The van der Waals surface area contributed by atoms with Crippen molar-refractivity contribution in [3.8, 4) is 22.5 Å². The number of hydrogen-bond acceptors (Lipinski definition) is 5. The molecule has 1 heterocycles. The maximum Gasteiger partial charge on any atom is 0.273 e. The topological polar surface area (TPSA) is 114 Å². The monoisotopic (exact) mass is 527 g/mol. The van der Waals surface area contributed by atoms with Gasteiger partial charge in [0.05, 0.1) is 5.41 Å². The van der Waals surface area contributed by atoms with Crippen LogP contribution >= 0.6 is 0 Å². The molecule has 40 heavy (non-hydrogen) atoms. The molecule has 4 aromatic carbocycles. The van der Waals surface area contributed by atoms with E-state index in [1.807, 2.05) is 110 Å². The normalized spacial score (nSPS) is 22.3. The molecule has 0 saturated heterocycles. The van der Waals surface area contributed by atoms with Gasteiger partial charge in [0.15, 0.2) is 5.82 Å². The highest BCUT2D eigenvalue weighted by Gasteiger charge is 2.67. The van der Waals surface area contributed by atoms with E-state index >= 15 is 0 Å². The summed E-state index contributed by atoms with van der Waals surface area (Å²) in [6, 6.07) is 32.8. The Morgan fingerprint density at radius 1 is 0.875 bits per heavy atom. The molecule has 2 bridgehead atoms. The number of anilines is 1. The summed E-state index contributed by atoms with van der Waals surface area (Å²) in [5, 5.41) is 22.9. The van der Waals surface area contributed by atoms with Crippen LogP contribution in [0.3, 0.4) is 0 Å². The van der Waals surface area contributed by atoms with E-state index in [0.717, 1.165) is 27.8 Å². The number of carbonyl (C=O) groups is 1. The number of aromatic nitrogens is 3. The van der Waals surface area contributed by atoms with Crippen molar-refractivity contribution in [3.05, 3.63) is 135 Å². The summed E-state index contributed by atoms with van der Waals surface area (Å²) in [5.74, 6) is -0.0515. The van der Waals surface area contributed by atoms with Crippen molar-refractivity contribution < 1.29 is 9.72 Å². The molecule has 0 aliphatic heterocycles. The zero-order valence-corrected chi connectivity index (χ0v) is 21.7. The van der Waals surface area contributed by atoms with Crippen LogP contribution in [0.25, 0.3) is 22.5 Å². The minimum absolute atomic E-state index is 0.0356. The van der Waals surface area contributed by atoms with E-state index in [-0.39, 0.29) is 29.1 Å². The average Bonchev–Trinajstić information content (AvgIpc) is 3.46. The van der Waals surface area contributed by atoms with Crippen LogP contribution in [0.2, 0.25) is 0 Å². The standard InChI is InChI=1S/C32H25N5O3/c1-31(19-32(37(39)40)25-16-7-5-14-23(25)27(31)24-15-6-8-17-26(24)32)29(38)34-30-33-28(35-36-30)22-13-9-12-21(18-22)20-10-3-2-4-11-20/h2-18,27H,19H2,1H3,(H2,33,34,35,36,38). The van der Waals surface area contributed by atoms with E-state index in [1.54, 1.807) is 0 Å². The number of carbonyl (C=O) groups excluding carboxylic acids is 1. The van der Waals surface area contributed by atoms with Crippen LogP contribution in [0.5, 0.6) is 0 Å². The smallest absolute Gasteiger partial charge is 0.273 e. The predicted octanol–water partition coefficient (Wildman–Crippen LogP) is 6.15. The Hall–Kier alpha value is -5.11. The minimum Gasteiger partial charge on any atom is -0.293 e. The summed E-state index contributed by atoms with van der Waals surface area (Å²) >= 11 is 0. The Morgan fingerprint density at radius 2 is 1.48 bits per heavy atom. The van der Waals surface area contributed by atoms with Crippen molar-refractivity contribution in [2.45, 2.75) is 24.8 Å². The summed E-state index contributed by atoms with van der Waals surface area (Å²) in [7, 11) is 0. The Morgan fingerprint density at radius 3 is 2.15 bits per heavy atom. The molecule has 0 fully saturated rings. The molecule has 5 aromatic rings. The Labute approximate surface area is 230 Å². The quantitative estimate of drug-likeness (QED) is 0.210. The number of rotatable bonds is 5. The van der Waals surface area contributed by atoms with E-state index in [9.17, 15) is 14.9 Å². The fraction of sp³-hybridized carbons (Fsp3) is 0.156. The lowest BCUT2D eigenvalue weighted by molar-refractivity contribution is -0.573. The molecular weight excluding hydrogens is 502 g/mol. The number of nitrogens with zero attached hydrogens (tertiary/aromatic N) is 3. The van der Waals surface area contributed by atoms with E-state index in [2.05, 4.69) is 20.5 Å². The van der Waals surface area contributed by atoms with E-state index < -0.39 is 11.0 Å². The molecule has 0 radical (unpaired) electrons. The van der Waals surface area contributed by atoms with Gasteiger partial charge in [0.25, 0.3) is 5.54 Å². The molecule has 3 aliphatic carbocycles. The summed E-state index contributed by atoms with van der Waals surface area (Å²) in [4.78, 5) is 31.2. The number of fused-ring (bicyclic) bond motifs is 1. The van der Waals surface area contributed by atoms with Gasteiger partial charge in [-0.15, -0.1) is 5.10 Å². The predicted molar refractivity (Wildman–Crippen MR) is 151 cm³/mol. The Bertz CT molecular complexity index is 1750.